The Morgan fingerprint density at radius 3 is 3.05 bits per heavy atom. The van der Waals surface area contributed by atoms with Crippen LogP contribution in [0, 0.1) is 11.8 Å². The van der Waals surface area contributed by atoms with Gasteiger partial charge in [-0.3, -0.25) is 4.79 Å². The lowest BCUT2D eigenvalue weighted by molar-refractivity contribution is 0.0772. The summed E-state index contributed by atoms with van der Waals surface area (Å²) in [5.74, 6) is 0.938. The fraction of sp³-hybridized carbons (Fsp3) is 0.533. The summed E-state index contributed by atoms with van der Waals surface area (Å²) in [5, 5.41) is 10.6. The van der Waals surface area contributed by atoms with Crippen molar-refractivity contribution in [3.05, 3.63) is 24.3 Å². The Bertz CT molecular complexity index is 683. The standard InChI is InChI=1S/C15H18N4O2/c20-11-2-1-9-6-19(7-10(9)5-11)15(21)13-12-3-4-16-14(12)18-8-17-13/h3-4,8-11,20H,1-2,5-7H2,(H,16,17,18). The van der Waals surface area contributed by atoms with Gasteiger partial charge in [0.2, 0.25) is 0 Å². The summed E-state index contributed by atoms with van der Waals surface area (Å²) in [4.78, 5) is 25.9. The van der Waals surface area contributed by atoms with Gasteiger partial charge in [-0.1, -0.05) is 0 Å². The Kier molecular flexibility index (Phi) is 2.92. The number of hydrogen-bond donors (Lipinski definition) is 2. The van der Waals surface area contributed by atoms with Crippen molar-refractivity contribution in [2.75, 3.05) is 13.1 Å². The van der Waals surface area contributed by atoms with Crippen LogP contribution in [0.3, 0.4) is 0 Å². The number of H-pyrrole nitrogens is 1. The molecule has 2 N–H and O–H groups in total. The lowest BCUT2D eigenvalue weighted by Gasteiger charge is -2.27. The van der Waals surface area contributed by atoms with E-state index < -0.39 is 0 Å². The van der Waals surface area contributed by atoms with Gasteiger partial charge in [-0.15, -0.1) is 0 Å². The fourth-order valence-electron chi connectivity index (χ4n) is 3.77. The Morgan fingerprint density at radius 1 is 1.29 bits per heavy atom. The third kappa shape index (κ3) is 2.10. The van der Waals surface area contributed by atoms with Crippen molar-refractivity contribution < 1.29 is 9.90 Å². The Morgan fingerprint density at radius 2 is 2.14 bits per heavy atom. The summed E-state index contributed by atoms with van der Waals surface area (Å²) < 4.78 is 0. The number of hydrogen-bond acceptors (Lipinski definition) is 4. The number of carbonyl (C=O) groups excluding carboxylic acids is 1. The van der Waals surface area contributed by atoms with Crippen LogP contribution in [0.5, 0.6) is 0 Å². The average molecular weight is 286 g/mol. The number of rotatable bonds is 1. The number of nitrogens with zero attached hydrogens (tertiary/aromatic N) is 3. The first-order valence-corrected chi connectivity index (χ1v) is 7.48. The topological polar surface area (TPSA) is 82.1 Å². The normalized spacial score (nSPS) is 28.8. The molecular weight excluding hydrogens is 268 g/mol. The highest BCUT2D eigenvalue weighted by molar-refractivity contribution is 6.03. The van der Waals surface area contributed by atoms with Crippen molar-refractivity contribution >= 4 is 16.9 Å². The second-order valence-electron chi connectivity index (χ2n) is 6.16. The van der Waals surface area contributed by atoms with E-state index >= 15 is 0 Å². The summed E-state index contributed by atoms with van der Waals surface area (Å²) in [5.41, 5.74) is 1.17. The van der Waals surface area contributed by atoms with Gasteiger partial charge in [0, 0.05) is 19.3 Å². The number of aromatic nitrogens is 3. The Balaban J connectivity index is 1.60. The molecule has 1 saturated carbocycles. The van der Waals surface area contributed by atoms with E-state index in [0.29, 0.717) is 23.2 Å². The van der Waals surface area contributed by atoms with Gasteiger partial charge in [-0.05, 0) is 37.2 Å². The number of likely N-dealkylation sites (tertiary alicyclic amines) is 1. The molecule has 1 saturated heterocycles. The first-order valence-electron chi connectivity index (χ1n) is 7.48. The molecule has 0 radical (unpaired) electrons. The summed E-state index contributed by atoms with van der Waals surface area (Å²) in [7, 11) is 0. The Hall–Kier alpha value is -1.95. The maximum Gasteiger partial charge on any atom is 0.273 e. The first-order chi connectivity index (χ1) is 10.2. The predicted octanol–water partition coefficient (Wildman–Crippen LogP) is 1.19. The van der Waals surface area contributed by atoms with Gasteiger partial charge in [0.15, 0.2) is 0 Å². The van der Waals surface area contributed by atoms with Crippen LogP contribution >= 0.6 is 0 Å². The number of nitrogens with one attached hydrogen (secondary N) is 1. The van der Waals surface area contributed by atoms with E-state index in [-0.39, 0.29) is 12.0 Å². The van der Waals surface area contributed by atoms with Crippen LogP contribution in [0.25, 0.3) is 11.0 Å². The highest BCUT2D eigenvalue weighted by atomic mass is 16.3. The van der Waals surface area contributed by atoms with Crippen LogP contribution < -0.4 is 0 Å². The second kappa shape index (κ2) is 4.80. The number of amides is 1. The maximum atomic E-state index is 12.7. The third-order valence-electron chi connectivity index (χ3n) is 4.87. The molecule has 2 fully saturated rings. The first kappa shape index (κ1) is 12.8. The zero-order chi connectivity index (χ0) is 14.4. The van der Waals surface area contributed by atoms with Crippen LogP contribution in [0.4, 0.5) is 0 Å². The van der Waals surface area contributed by atoms with Crippen molar-refractivity contribution in [3.63, 3.8) is 0 Å². The molecule has 1 aliphatic carbocycles. The van der Waals surface area contributed by atoms with Gasteiger partial charge in [0.1, 0.15) is 17.7 Å². The summed E-state index contributed by atoms with van der Waals surface area (Å²) in [6, 6.07) is 1.84. The Labute approximate surface area is 122 Å². The van der Waals surface area contributed by atoms with Crippen molar-refractivity contribution in [2.45, 2.75) is 25.4 Å². The monoisotopic (exact) mass is 286 g/mol. The molecule has 2 aromatic heterocycles. The molecule has 4 rings (SSSR count). The lowest BCUT2D eigenvalue weighted by Crippen LogP contribution is -2.30. The van der Waals surface area contributed by atoms with Crippen molar-refractivity contribution in [1.29, 1.82) is 0 Å². The number of aliphatic hydroxyl groups is 1. The highest BCUT2D eigenvalue weighted by Crippen LogP contribution is 2.36. The predicted molar refractivity (Wildman–Crippen MR) is 76.6 cm³/mol. The number of fused-ring (bicyclic) bond motifs is 2. The van der Waals surface area contributed by atoms with Crippen LogP contribution in [0.1, 0.15) is 29.8 Å². The molecule has 6 nitrogen and oxygen atoms in total. The van der Waals surface area contributed by atoms with E-state index in [1.807, 2.05) is 11.0 Å². The summed E-state index contributed by atoms with van der Waals surface area (Å²) in [6.45, 7) is 1.52. The molecule has 0 bridgehead atoms. The van der Waals surface area contributed by atoms with Crippen molar-refractivity contribution in [3.8, 4) is 0 Å². The molecular formula is C15H18N4O2. The molecule has 2 aromatic rings. The zero-order valence-electron chi connectivity index (χ0n) is 11.7. The molecule has 1 aliphatic heterocycles. The molecule has 6 heteroatoms. The van der Waals surface area contributed by atoms with Gasteiger partial charge < -0.3 is 15.0 Å². The molecule has 3 unspecified atom stereocenters. The number of aliphatic hydroxyl groups excluding tert-OH is 1. The van der Waals surface area contributed by atoms with E-state index in [1.54, 1.807) is 6.20 Å². The SMILES string of the molecule is O=C(c1ncnc2[nH]ccc12)N1CC2CCC(O)CC2C1. The van der Waals surface area contributed by atoms with Crippen molar-refractivity contribution in [2.24, 2.45) is 11.8 Å². The molecule has 0 aromatic carbocycles. The van der Waals surface area contributed by atoms with Gasteiger partial charge in [-0.25, -0.2) is 9.97 Å². The van der Waals surface area contributed by atoms with E-state index in [9.17, 15) is 9.90 Å². The summed E-state index contributed by atoms with van der Waals surface area (Å²) in [6.07, 6.45) is 5.70. The second-order valence-corrected chi connectivity index (χ2v) is 6.16. The molecule has 3 atom stereocenters. The molecule has 0 spiro atoms. The molecule has 3 heterocycles. The minimum Gasteiger partial charge on any atom is -0.393 e. The van der Waals surface area contributed by atoms with Gasteiger partial charge >= 0.3 is 0 Å². The van der Waals surface area contributed by atoms with Gasteiger partial charge in [-0.2, -0.15) is 0 Å². The van der Waals surface area contributed by atoms with E-state index in [1.165, 1.54) is 6.33 Å². The van der Waals surface area contributed by atoms with Gasteiger partial charge in [0.05, 0.1) is 11.5 Å². The minimum atomic E-state index is -0.197. The highest BCUT2D eigenvalue weighted by Gasteiger charge is 2.39. The average Bonchev–Trinajstić information content (AvgIpc) is 3.11. The van der Waals surface area contributed by atoms with Gasteiger partial charge in [0.25, 0.3) is 5.91 Å². The smallest absolute Gasteiger partial charge is 0.273 e. The quantitative estimate of drug-likeness (QED) is 0.825. The third-order valence-corrected chi connectivity index (χ3v) is 4.87. The largest absolute Gasteiger partial charge is 0.393 e. The van der Waals surface area contributed by atoms with Crippen LogP contribution in [-0.2, 0) is 0 Å². The van der Waals surface area contributed by atoms with E-state index in [4.69, 9.17) is 0 Å². The van der Waals surface area contributed by atoms with Crippen LogP contribution in [0.15, 0.2) is 18.6 Å². The van der Waals surface area contributed by atoms with Crippen LogP contribution in [-0.4, -0.2) is 50.1 Å². The molecule has 1 amide bonds. The molecule has 21 heavy (non-hydrogen) atoms. The fourth-order valence-corrected chi connectivity index (χ4v) is 3.77. The van der Waals surface area contributed by atoms with E-state index in [0.717, 1.165) is 37.7 Å². The van der Waals surface area contributed by atoms with Crippen molar-refractivity contribution in [1.82, 2.24) is 19.9 Å². The van der Waals surface area contributed by atoms with E-state index in [2.05, 4.69) is 15.0 Å². The number of aromatic amines is 1. The molecule has 2 aliphatic rings. The zero-order valence-corrected chi connectivity index (χ0v) is 11.7. The molecule has 110 valence electrons. The lowest BCUT2D eigenvalue weighted by atomic mass is 9.80. The maximum absolute atomic E-state index is 12.7. The summed E-state index contributed by atoms with van der Waals surface area (Å²) >= 11 is 0. The minimum absolute atomic E-state index is 0.0223. The van der Waals surface area contributed by atoms with Crippen LogP contribution in [0.2, 0.25) is 0 Å². The number of carbonyl (C=O) groups is 1.